The van der Waals surface area contributed by atoms with E-state index in [4.69, 9.17) is 5.73 Å². The Hall–Kier alpha value is -1.82. The summed E-state index contributed by atoms with van der Waals surface area (Å²) in [6.07, 6.45) is 3.26. The van der Waals surface area contributed by atoms with Gasteiger partial charge >= 0.3 is 0 Å². The summed E-state index contributed by atoms with van der Waals surface area (Å²) in [6.45, 7) is 4.96. The van der Waals surface area contributed by atoms with Crippen molar-refractivity contribution in [2.75, 3.05) is 57.5 Å². The Bertz CT molecular complexity index is 452. The summed E-state index contributed by atoms with van der Waals surface area (Å²) in [7, 11) is 3.61. The van der Waals surface area contributed by atoms with E-state index in [2.05, 4.69) is 14.8 Å². The fourth-order valence-corrected chi connectivity index (χ4v) is 2.46. The molecule has 0 saturated carbocycles. The van der Waals surface area contributed by atoms with Gasteiger partial charge in [0, 0.05) is 46.7 Å². The minimum Gasteiger partial charge on any atom is -0.397 e. The van der Waals surface area contributed by atoms with Crippen LogP contribution in [0.25, 0.3) is 0 Å². The van der Waals surface area contributed by atoms with Crippen molar-refractivity contribution in [1.82, 2.24) is 14.8 Å². The molecular weight excluding hydrogens is 266 g/mol. The van der Waals surface area contributed by atoms with Crippen LogP contribution in [0.15, 0.2) is 18.3 Å². The third-order valence-electron chi connectivity index (χ3n) is 3.83. The van der Waals surface area contributed by atoms with Crippen LogP contribution in [-0.4, -0.2) is 67.5 Å². The first-order valence-corrected chi connectivity index (χ1v) is 7.45. The maximum Gasteiger partial charge on any atom is 0.222 e. The first-order chi connectivity index (χ1) is 10.1. The van der Waals surface area contributed by atoms with Crippen molar-refractivity contribution in [2.24, 2.45) is 0 Å². The number of piperazine rings is 1. The van der Waals surface area contributed by atoms with Crippen molar-refractivity contribution in [1.29, 1.82) is 0 Å². The topological polar surface area (TPSA) is 65.7 Å². The SMILES string of the molecule is CN(C)C(=O)CCCN1CCN(c2ccc(N)cn2)CC1. The van der Waals surface area contributed by atoms with Gasteiger partial charge in [0.05, 0.1) is 11.9 Å². The van der Waals surface area contributed by atoms with Crippen LogP contribution in [0.3, 0.4) is 0 Å². The predicted octanol–water partition coefficient (Wildman–Crippen LogP) is 0.654. The molecule has 2 heterocycles. The quantitative estimate of drug-likeness (QED) is 0.863. The molecular formula is C15H25N5O. The molecule has 2 N–H and O–H groups in total. The molecule has 1 aromatic rings. The molecule has 6 heteroatoms. The van der Waals surface area contributed by atoms with Gasteiger partial charge in [-0.25, -0.2) is 4.98 Å². The van der Waals surface area contributed by atoms with E-state index >= 15 is 0 Å². The number of nitrogens with two attached hydrogens (primary N) is 1. The van der Waals surface area contributed by atoms with Gasteiger partial charge in [-0.05, 0) is 25.1 Å². The maximum absolute atomic E-state index is 11.5. The van der Waals surface area contributed by atoms with Crippen LogP contribution in [0.4, 0.5) is 11.5 Å². The molecule has 2 rings (SSSR count). The summed E-state index contributed by atoms with van der Waals surface area (Å²) in [4.78, 5) is 22.2. The van der Waals surface area contributed by atoms with Gasteiger partial charge in [-0.1, -0.05) is 0 Å². The Kier molecular flexibility index (Phi) is 5.38. The van der Waals surface area contributed by atoms with Crippen molar-refractivity contribution in [3.63, 3.8) is 0 Å². The number of hydrogen-bond donors (Lipinski definition) is 1. The van der Waals surface area contributed by atoms with Crippen LogP contribution < -0.4 is 10.6 Å². The molecule has 1 aliphatic heterocycles. The maximum atomic E-state index is 11.5. The van der Waals surface area contributed by atoms with Gasteiger partial charge < -0.3 is 15.5 Å². The van der Waals surface area contributed by atoms with Gasteiger partial charge in [0.2, 0.25) is 5.91 Å². The second kappa shape index (κ2) is 7.26. The molecule has 1 amide bonds. The fourth-order valence-electron chi connectivity index (χ4n) is 2.46. The van der Waals surface area contributed by atoms with Crippen LogP contribution >= 0.6 is 0 Å². The Morgan fingerprint density at radius 3 is 2.57 bits per heavy atom. The second-order valence-electron chi connectivity index (χ2n) is 5.67. The van der Waals surface area contributed by atoms with Crippen molar-refractivity contribution < 1.29 is 4.79 Å². The highest BCUT2D eigenvalue weighted by molar-refractivity contribution is 5.75. The number of amides is 1. The van der Waals surface area contributed by atoms with Crippen LogP contribution in [0, 0.1) is 0 Å². The zero-order valence-corrected chi connectivity index (χ0v) is 13.0. The predicted molar refractivity (Wildman–Crippen MR) is 85.2 cm³/mol. The Labute approximate surface area is 126 Å². The summed E-state index contributed by atoms with van der Waals surface area (Å²) < 4.78 is 0. The lowest BCUT2D eigenvalue weighted by Crippen LogP contribution is -2.47. The molecule has 0 atom stereocenters. The third kappa shape index (κ3) is 4.60. The first kappa shape index (κ1) is 15.6. The monoisotopic (exact) mass is 291 g/mol. The average Bonchev–Trinajstić information content (AvgIpc) is 2.48. The lowest BCUT2D eigenvalue weighted by Gasteiger charge is -2.35. The van der Waals surface area contributed by atoms with Crippen LogP contribution in [0.5, 0.6) is 0 Å². The van der Waals surface area contributed by atoms with Gasteiger partial charge in [0.15, 0.2) is 0 Å². The van der Waals surface area contributed by atoms with E-state index < -0.39 is 0 Å². The summed E-state index contributed by atoms with van der Waals surface area (Å²) in [6, 6.07) is 3.86. The highest BCUT2D eigenvalue weighted by atomic mass is 16.2. The Balaban J connectivity index is 1.71. The van der Waals surface area contributed by atoms with Crippen LogP contribution in [0.2, 0.25) is 0 Å². The molecule has 0 radical (unpaired) electrons. The number of carbonyl (C=O) groups is 1. The normalized spacial score (nSPS) is 16.0. The molecule has 0 spiro atoms. The number of anilines is 2. The van der Waals surface area contributed by atoms with E-state index in [9.17, 15) is 4.79 Å². The molecule has 116 valence electrons. The van der Waals surface area contributed by atoms with E-state index in [1.807, 2.05) is 12.1 Å². The van der Waals surface area contributed by atoms with Gasteiger partial charge in [-0.2, -0.15) is 0 Å². The first-order valence-electron chi connectivity index (χ1n) is 7.45. The van der Waals surface area contributed by atoms with Crippen molar-refractivity contribution in [3.8, 4) is 0 Å². The Morgan fingerprint density at radius 1 is 1.29 bits per heavy atom. The molecule has 1 aliphatic rings. The summed E-state index contributed by atoms with van der Waals surface area (Å²) >= 11 is 0. The van der Waals surface area contributed by atoms with Gasteiger partial charge in [-0.15, -0.1) is 0 Å². The zero-order valence-electron chi connectivity index (χ0n) is 13.0. The molecule has 0 unspecified atom stereocenters. The summed E-state index contributed by atoms with van der Waals surface area (Å²) in [5.41, 5.74) is 6.36. The standard InChI is InChI=1S/C15H25N5O/c1-18(2)15(21)4-3-7-19-8-10-20(11-9-19)14-6-5-13(16)12-17-14/h5-6,12H,3-4,7-11,16H2,1-2H3. The smallest absolute Gasteiger partial charge is 0.222 e. The molecule has 21 heavy (non-hydrogen) atoms. The minimum atomic E-state index is 0.208. The molecule has 0 bridgehead atoms. The van der Waals surface area contributed by atoms with E-state index in [-0.39, 0.29) is 5.91 Å². The van der Waals surface area contributed by atoms with Crippen molar-refractivity contribution >= 4 is 17.4 Å². The molecule has 1 fully saturated rings. The highest BCUT2D eigenvalue weighted by Gasteiger charge is 2.17. The number of nitrogens with zero attached hydrogens (tertiary/aromatic N) is 4. The number of aromatic nitrogens is 1. The fraction of sp³-hybridized carbons (Fsp3) is 0.600. The van der Waals surface area contributed by atoms with Gasteiger partial charge in [0.25, 0.3) is 0 Å². The van der Waals surface area contributed by atoms with E-state index in [1.54, 1.807) is 25.2 Å². The lowest BCUT2D eigenvalue weighted by atomic mass is 10.2. The summed E-state index contributed by atoms with van der Waals surface area (Å²) in [5, 5.41) is 0. The second-order valence-corrected chi connectivity index (χ2v) is 5.67. The largest absolute Gasteiger partial charge is 0.397 e. The van der Waals surface area contributed by atoms with Gasteiger partial charge in [-0.3, -0.25) is 9.69 Å². The number of rotatable bonds is 5. The number of hydrogen-bond acceptors (Lipinski definition) is 5. The average molecular weight is 291 g/mol. The third-order valence-corrected chi connectivity index (χ3v) is 3.83. The van der Waals surface area contributed by atoms with Gasteiger partial charge in [0.1, 0.15) is 5.82 Å². The summed E-state index contributed by atoms with van der Waals surface area (Å²) in [5.74, 6) is 1.20. The van der Waals surface area contributed by atoms with Crippen LogP contribution in [-0.2, 0) is 4.79 Å². The molecule has 1 aromatic heterocycles. The lowest BCUT2D eigenvalue weighted by molar-refractivity contribution is -0.128. The number of carbonyl (C=O) groups excluding carboxylic acids is 1. The number of pyridine rings is 1. The molecule has 1 saturated heterocycles. The molecule has 0 aromatic carbocycles. The zero-order chi connectivity index (χ0) is 15.2. The van der Waals surface area contributed by atoms with Crippen molar-refractivity contribution in [3.05, 3.63) is 18.3 Å². The molecule has 0 aliphatic carbocycles. The Morgan fingerprint density at radius 2 is 2.00 bits per heavy atom. The van der Waals surface area contributed by atoms with Crippen molar-refractivity contribution in [2.45, 2.75) is 12.8 Å². The van der Waals surface area contributed by atoms with E-state index in [0.29, 0.717) is 12.1 Å². The van der Waals surface area contributed by atoms with E-state index in [0.717, 1.165) is 45.0 Å². The number of nitrogen functional groups attached to an aromatic ring is 1. The molecule has 6 nitrogen and oxygen atoms in total. The minimum absolute atomic E-state index is 0.208. The van der Waals surface area contributed by atoms with E-state index in [1.165, 1.54) is 0 Å². The highest BCUT2D eigenvalue weighted by Crippen LogP contribution is 2.14. The van der Waals surface area contributed by atoms with Crippen LogP contribution in [0.1, 0.15) is 12.8 Å².